The zero-order valence-electron chi connectivity index (χ0n) is 14.0. The molecule has 0 N–H and O–H groups in total. The van der Waals surface area contributed by atoms with E-state index in [2.05, 4.69) is 0 Å². The van der Waals surface area contributed by atoms with Gasteiger partial charge in [0.2, 0.25) is 5.91 Å². The summed E-state index contributed by atoms with van der Waals surface area (Å²) < 4.78 is 5.38. The van der Waals surface area contributed by atoms with E-state index in [0.717, 1.165) is 12.0 Å². The fraction of sp³-hybridized carbons (Fsp3) is 0.556. The third-order valence-corrected chi connectivity index (χ3v) is 4.99. The number of carbonyl (C=O) groups is 2. The number of ether oxygens (including phenoxy) is 1. The Morgan fingerprint density at radius 2 is 2.00 bits per heavy atom. The van der Waals surface area contributed by atoms with Gasteiger partial charge in [-0.1, -0.05) is 51.1 Å². The van der Waals surface area contributed by atoms with Crippen LogP contribution in [0.25, 0.3) is 0 Å². The molecule has 5 heteroatoms. The second-order valence-corrected chi connectivity index (χ2v) is 7.30. The average molecular weight is 335 g/mol. The van der Waals surface area contributed by atoms with Crippen LogP contribution in [-0.2, 0) is 14.3 Å². The van der Waals surface area contributed by atoms with Crippen LogP contribution >= 0.6 is 11.8 Å². The summed E-state index contributed by atoms with van der Waals surface area (Å²) in [5.41, 5.74) is 1.06. The molecule has 2 unspecified atom stereocenters. The van der Waals surface area contributed by atoms with Gasteiger partial charge in [0.15, 0.2) is 0 Å². The van der Waals surface area contributed by atoms with E-state index in [9.17, 15) is 9.59 Å². The van der Waals surface area contributed by atoms with Crippen molar-refractivity contribution in [3.63, 3.8) is 0 Å². The van der Waals surface area contributed by atoms with Crippen molar-refractivity contribution in [1.82, 2.24) is 4.90 Å². The van der Waals surface area contributed by atoms with Crippen molar-refractivity contribution in [3.05, 3.63) is 35.9 Å². The summed E-state index contributed by atoms with van der Waals surface area (Å²) in [6, 6.07) is 9.40. The fourth-order valence-electron chi connectivity index (χ4n) is 2.55. The molecule has 4 nitrogen and oxygen atoms in total. The van der Waals surface area contributed by atoms with E-state index in [1.54, 1.807) is 16.7 Å². The molecule has 2 atom stereocenters. The van der Waals surface area contributed by atoms with Crippen LogP contribution in [-0.4, -0.2) is 35.2 Å². The number of hydrogen-bond acceptors (Lipinski definition) is 4. The smallest absolute Gasteiger partial charge is 0.329 e. The van der Waals surface area contributed by atoms with Gasteiger partial charge < -0.3 is 9.64 Å². The second-order valence-electron chi connectivity index (χ2n) is 6.19. The Hall–Kier alpha value is -1.49. The number of hydrogen-bond donors (Lipinski definition) is 0. The Morgan fingerprint density at radius 3 is 2.61 bits per heavy atom. The van der Waals surface area contributed by atoms with Crippen LogP contribution in [0.4, 0.5) is 0 Å². The zero-order chi connectivity index (χ0) is 16.8. The Labute approximate surface area is 142 Å². The molecule has 126 valence electrons. The molecular weight excluding hydrogens is 310 g/mol. The van der Waals surface area contributed by atoms with Crippen molar-refractivity contribution >= 4 is 23.6 Å². The minimum atomic E-state index is -0.483. The standard InChI is InChI=1S/C18H25NO3S/c1-4-8-16(20)19-15(18(21)22-11-13(2)3)12-23-17(19)14-9-6-5-7-10-14/h5-7,9-10,13,15,17H,4,8,11-12H2,1-3H3. The molecule has 1 heterocycles. The van der Waals surface area contributed by atoms with Crippen molar-refractivity contribution in [2.75, 3.05) is 12.4 Å². The number of rotatable bonds is 6. The van der Waals surface area contributed by atoms with E-state index in [-0.39, 0.29) is 23.2 Å². The number of amides is 1. The normalized spacial score (nSPS) is 20.8. The maximum Gasteiger partial charge on any atom is 0.329 e. The van der Waals surface area contributed by atoms with Crippen LogP contribution in [0, 0.1) is 5.92 Å². The topological polar surface area (TPSA) is 46.6 Å². The van der Waals surface area contributed by atoms with E-state index in [1.165, 1.54) is 0 Å². The van der Waals surface area contributed by atoms with Gasteiger partial charge in [-0.05, 0) is 17.9 Å². The molecule has 1 fully saturated rings. The van der Waals surface area contributed by atoms with E-state index in [1.807, 2.05) is 51.1 Å². The van der Waals surface area contributed by atoms with Gasteiger partial charge >= 0.3 is 5.97 Å². The average Bonchev–Trinajstić information content (AvgIpc) is 2.98. The molecule has 1 aliphatic heterocycles. The molecule has 0 spiro atoms. The lowest BCUT2D eigenvalue weighted by Gasteiger charge is -2.28. The first-order valence-corrected chi connectivity index (χ1v) is 9.23. The SMILES string of the molecule is CCCC(=O)N1C(C(=O)OCC(C)C)CSC1c1ccccc1. The molecule has 0 aromatic heterocycles. The Kier molecular flexibility index (Phi) is 6.51. The Balaban J connectivity index is 2.18. The summed E-state index contributed by atoms with van der Waals surface area (Å²) >= 11 is 1.63. The third-order valence-electron chi connectivity index (χ3n) is 3.67. The van der Waals surface area contributed by atoms with Crippen molar-refractivity contribution in [3.8, 4) is 0 Å². The summed E-state index contributed by atoms with van der Waals surface area (Å²) in [4.78, 5) is 26.7. The minimum Gasteiger partial charge on any atom is -0.464 e. The number of nitrogens with zero attached hydrogens (tertiary/aromatic N) is 1. The minimum absolute atomic E-state index is 0.0258. The maximum absolute atomic E-state index is 12.6. The van der Waals surface area contributed by atoms with Crippen molar-refractivity contribution in [1.29, 1.82) is 0 Å². The lowest BCUT2D eigenvalue weighted by Crippen LogP contribution is -2.44. The quantitative estimate of drug-likeness (QED) is 0.745. The summed E-state index contributed by atoms with van der Waals surface area (Å²) in [6.07, 6.45) is 1.23. The Bertz CT molecular complexity index is 532. The van der Waals surface area contributed by atoms with Gasteiger partial charge in [-0.15, -0.1) is 11.8 Å². The molecule has 0 aliphatic carbocycles. The lowest BCUT2D eigenvalue weighted by atomic mass is 10.1. The highest BCUT2D eigenvalue weighted by atomic mass is 32.2. The van der Waals surface area contributed by atoms with Crippen LogP contribution < -0.4 is 0 Å². The van der Waals surface area contributed by atoms with Crippen molar-refractivity contribution in [2.24, 2.45) is 5.92 Å². The monoisotopic (exact) mass is 335 g/mol. The largest absolute Gasteiger partial charge is 0.464 e. The molecular formula is C18H25NO3S. The highest BCUT2D eigenvalue weighted by Gasteiger charge is 2.42. The predicted octanol–water partition coefficient (Wildman–Crippen LogP) is 3.63. The van der Waals surface area contributed by atoms with Crippen LogP contribution in [0.15, 0.2) is 30.3 Å². The van der Waals surface area contributed by atoms with E-state index in [0.29, 0.717) is 18.8 Å². The fourth-order valence-corrected chi connectivity index (χ4v) is 3.99. The molecule has 1 amide bonds. The van der Waals surface area contributed by atoms with Crippen molar-refractivity contribution < 1.29 is 14.3 Å². The molecule has 0 radical (unpaired) electrons. The predicted molar refractivity (Wildman–Crippen MR) is 93.0 cm³/mol. The second kappa shape index (κ2) is 8.39. The number of benzene rings is 1. The van der Waals surface area contributed by atoms with Gasteiger partial charge in [0.05, 0.1) is 6.61 Å². The van der Waals surface area contributed by atoms with Crippen molar-refractivity contribution in [2.45, 2.75) is 45.0 Å². The van der Waals surface area contributed by atoms with Gasteiger partial charge in [0.25, 0.3) is 0 Å². The number of thioether (sulfide) groups is 1. The van der Waals surface area contributed by atoms with Gasteiger partial charge in [-0.2, -0.15) is 0 Å². The van der Waals surface area contributed by atoms with E-state index in [4.69, 9.17) is 4.74 Å². The molecule has 0 bridgehead atoms. The van der Waals surface area contributed by atoms with Gasteiger partial charge in [0.1, 0.15) is 11.4 Å². The number of esters is 1. The number of carbonyl (C=O) groups excluding carboxylic acids is 2. The summed E-state index contributed by atoms with van der Waals surface area (Å²) in [7, 11) is 0. The molecule has 0 saturated carbocycles. The first kappa shape index (κ1) is 17.9. The molecule has 2 rings (SSSR count). The first-order chi connectivity index (χ1) is 11.0. The van der Waals surface area contributed by atoms with Crippen LogP contribution in [0.1, 0.15) is 44.6 Å². The highest BCUT2D eigenvalue weighted by Crippen LogP contribution is 2.42. The van der Waals surface area contributed by atoms with E-state index < -0.39 is 6.04 Å². The van der Waals surface area contributed by atoms with Crippen LogP contribution in [0.3, 0.4) is 0 Å². The summed E-state index contributed by atoms with van der Waals surface area (Å²) in [5.74, 6) is 0.621. The Morgan fingerprint density at radius 1 is 1.30 bits per heavy atom. The molecule has 1 saturated heterocycles. The summed E-state index contributed by atoms with van der Waals surface area (Å²) in [5, 5.41) is -0.105. The van der Waals surface area contributed by atoms with Crippen LogP contribution in [0.2, 0.25) is 0 Å². The lowest BCUT2D eigenvalue weighted by molar-refractivity contribution is -0.155. The molecule has 1 aromatic rings. The summed E-state index contributed by atoms with van der Waals surface area (Å²) in [6.45, 7) is 6.38. The highest BCUT2D eigenvalue weighted by molar-refractivity contribution is 7.99. The zero-order valence-corrected chi connectivity index (χ0v) is 14.8. The molecule has 1 aliphatic rings. The first-order valence-electron chi connectivity index (χ1n) is 8.19. The van der Waals surface area contributed by atoms with Gasteiger partial charge in [-0.3, -0.25) is 4.79 Å². The molecule has 1 aromatic carbocycles. The maximum atomic E-state index is 12.6. The van der Waals surface area contributed by atoms with E-state index >= 15 is 0 Å². The molecule has 23 heavy (non-hydrogen) atoms. The van der Waals surface area contributed by atoms with Gasteiger partial charge in [0, 0.05) is 12.2 Å². The van der Waals surface area contributed by atoms with Gasteiger partial charge in [-0.25, -0.2) is 4.79 Å². The van der Waals surface area contributed by atoms with Crippen LogP contribution in [0.5, 0.6) is 0 Å². The third kappa shape index (κ3) is 4.50.